The second kappa shape index (κ2) is 4.94. The Hall–Kier alpha value is -1.40. The van der Waals surface area contributed by atoms with Gasteiger partial charge in [-0.2, -0.15) is 17.5 Å². The van der Waals surface area contributed by atoms with Gasteiger partial charge in [0.05, 0.1) is 11.5 Å². The number of halogens is 3. The number of hydrogen-bond acceptors (Lipinski definition) is 3. The van der Waals surface area contributed by atoms with E-state index >= 15 is 0 Å². The lowest BCUT2D eigenvalue weighted by Gasteiger charge is -2.08. The van der Waals surface area contributed by atoms with E-state index in [0.29, 0.717) is 10.4 Å². The zero-order valence-corrected chi connectivity index (χ0v) is 11.2. The lowest BCUT2D eigenvalue weighted by Crippen LogP contribution is -2.09. The minimum Gasteiger partial charge on any atom is -0.392 e. The maximum absolute atomic E-state index is 12.8. The second-order valence-corrected chi connectivity index (χ2v) is 5.09. The first-order chi connectivity index (χ1) is 8.84. The van der Waals surface area contributed by atoms with Gasteiger partial charge in [0.1, 0.15) is 0 Å². The van der Waals surface area contributed by atoms with Gasteiger partial charge in [-0.3, -0.25) is 0 Å². The Morgan fingerprint density at radius 2 is 1.95 bits per heavy atom. The van der Waals surface area contributed by atoms with Crippen LogP contribution >= 0.6 is 11.5 Å². The maximum atomic E-state index is 12.8. The Balaban J connectivity index is 2.60. The van der Waals surface area contributed by atoms with Crippen molar-refractivity contribution in [2.24, 2.45) is 0 Å². The van der Waals surface area contributed by atoms with Crippen molar-refractivity contribution in [3.63, 3.8) is 0 Å². The second-order valence-electron chi connectivity index (χ2n) is 4.31. The summed E-state index contributed by atoms with van der Waals surface area (Å²) < 4.78 is 41.7. The normalized spacial score (nSPS) is 11.9. The lowest BCUT2D eigenvalue weighted by atomic mass is 10.0. The average Bonchev–Trinajstić information content (AvgIpc) is 2.72. The summed E-state index contributed by atoms with van der Waals surface area (Å²) in [4.78, 5) is 0.382. The molecule has 1 aromatic heterocycles. The quantitative estimate of drug-likeness (QED) is 0.907. The molecule has 2 rings (SSSR count). The molecule has 6 heteroatoms. The van der Waals surface area contributed by atoms with Gasteiger partial charge < -0.3 is 5.11 Å². The highest BCUT2D eigenvalue weighted by Crippen LogP contribution is 2.39. The Labute approximate surface area is 112 Å². The molecule has 0 atom stereocenters. The van der Waals surface area contributed by atoms with Crippen LogP contribution < -0.4 is 0 Å². The zero-order chi connectivity index (χ0) is 14.2. The van der Waals surface area contributed by atoms with E-state index in [1.54, 1.807) is 6.07 Å². The molecule has 102 valence electrons. The van der Waals surface area contributed by atoms with Crippen LogP contribution in [-0.4, -0.2) is 9.48 Å². The molecule has 1 heterocycles. The molecule has 0 fully saturated rings. The highest BCUT2D eigenvalue weighted by Gasteiger charge is 2.38. The van der Waals surface area contributed by atoms with Gasteiger partial charge in [-0.15, -0.1) is 0 Å². The number of aromatic nitrogens is 1. The van der Waals surface area contributed by atoms with Crippen LogP contribution in [0.2, 0.25) is 0 Å². The Morgan fingerprint density at radius 1 is 1.26 bits per heavy atom. The van der Waals surface area contributed by atoms with Gasteiger partial charge in [0.25, 0.3) is 0 Å². The van der Waals surface area contributed by atoms with Crippen molar-refractivity contribution in [1.29, 1.82) is 0 Å². The summed E-state index contributed by atoms with van der Waals surface area (Å²) in [6.07, 6.45) is -4.54. The van der Waals surface area contributed by atoms with Gasteiger partial charge in [-0.1, -0.05) is 23.8 Å². The van der Waals surface area contributed by atoms with E-state index in [2.05, 4.69) is 4.37 Å². The van der Waals surface area contributed by atoms with E-state index in [1.807, 2.05) is 26.0 Å². The van der Waals surface area contributed by atoms with Crippen molar-refractivity contribution < 1.29 is 18.3 Å². The van der Waals surface area contributed by atoms with Crippen molar-refractivity contribution in [3.8, 4) is 10.4 Å². The number of hydrogen-bond donors (Lipinski definition) is 1. The fourth-order valence-corrected chi connectivity index (χ4v) is 2.95. The van der Waals surface area contributed by atoms with Gasteiger partial charge in [0.15, 0.2) is 5.69 Å². The molecule has 0 amide bonds. The summed E-state index contributed by atoms with van der Waals surface area (Å²) in [5.41, 5.74) is 1.45. The summed E-state index contributed by atoms with van der Waals surface area (Å²) >= 11 is 0.771. The van der Waals surface area contributed by atoms with Crippen molar-refractivity contribution in [1.82, 2.24) is 4.37 Å². The maximum Gasteiger partial charge on any atom is 0.434 e. The molecule has 1 aromatic carbocycles. The van der Waals surface area contributed by atoms with Crippen molar-refractivity contribution >= 4 is 11.5 Å². The molecule has 19 heavy (non-hydrogen) atoms. The molecule has 0 aliphatic heterocycles. The van der Waals surface area contributed by atoms with E-state index < -0.39 is 18.5 Å². The highest BCUT2D eigenvalue weighted by molar-refractivity contribution is 7.09. The standard InChI is InChI=1S/C13H12F3NOS/c1-7-3-4-9(8(2)5-7)11-10(6-18)12(17-19-11)13(14,15)16/h3-5,18H,6H2,1-2H3. The van der Waals surface area contributed by atoms with Crippen LogP contribution in [0.5, 0.6) is 0 Å². The van der Waals surface area contributed by atoms with E-state index in [-0.39, 0.29) is 5.56 Å². The molecule has 0 aliphatic carbocycles. The lowest BCUT2D eigenvalue weighted by molar-refractivity contribution is -0.141. The Morgan fingerprint density at radius 3 is 2.47 bits per heavy atom. The number of aliphatic hydroxyl groups is 1. The monoisotopic (exact) mass is 287 g/mol. The summed E-state index contributed by atoms with van der Waals surface area (Å²) in [5, 5.41) is 9.22. The van der Waals surface area contributed by atoms with E-state index in [4.69, 9.17) is 0 Å². The van der Waals surface area contributed by atoms with Gasteiger partial charge in [-0.25, -0.2) is 0 Å². The molecule has 0 saturated heterocycles. The first-order valence-electron chi connectivity index (χ1n) is 5.59. The van der Waals surface area contributed by atoms with Gasteiger partial charge >= 0.3 is 6.18 Å². The third kappa shape index (κ3) is 2.64. The smallest absolute Gasteiger partial charge is 0.392 e. The van der Waals surface area contributed by atoms with Crippen LogP contribution in [0.15, 0.2) is 18.2 Å². The van der Waals surface area contributed by atoms with Gasteiger partial charge in [0, 0.05) is 5.56 Å². The fraction of sp³-hybridized carbons (Fsp3) is 0.308. The molecule has 0 saturated carbocycles. The van der Waals surface area contributed by atoms with Crippen LogP contribution in [0, 0.1) is 13.8 Å². The number of benzene rings is 1. The number of aliphatic hydroxyl groups excluding tert-OH is 1. The summed E-state index contributed by atoms with van der Waals surface area (Å²) in [6, 6.07) is 5.48. The SMILES string of the molecule is Cc1ccc(-c2snc(C(F)(F)F)c2CO)c(C)c1. The average molecular weight is 287 g/mol. The summed E-state index contributed by atoms with van der Waals surface area (Å²) in [7, 11) is 0. The predicted octanol–water partition coefficient (Wildman–Crippen LogP) is 3.94. The molecular weight excluding hydrogens is 275 g/mol. The fourth-order valence-electron chi connectivity index (χ4n) is 1.96. The van der Waals surface area contributed by atoms with Crippen molar-refractivity contribution in [3.05, 3.63) is 40.6 Å². The molecule has 0 bridgehead atoms. The largest absolute Gasteiger partial charge is 0.434 e. The van der Waals surface area contributed by atoms with E-state index in [9.17, 15) is 18.3 Å². The summed E-state index contributed by atoms with van der Waals surface area (Å²) in [5.74, 6) is 0. The predicted molar refractivity (Wildman–Crippen MR) is 67.9 cm³/mol. The third-order valence-corrected chi connectivity index (χ3v) is 3.76. The molecule has 0 spiro atoms. The summed E-state index contributed by atoms with van der Waals surface area (Å²) in [6.45, 7) is 3.07. The minimum atomic E-state index is -4.54. The number of alkyl halides is 3. The first kappa shape index (κ1) is 14.0. The van der Waals surface area contributed by atoms with Crippen LogP contribution in [0.3, 0.4) is 0 Å². The van der Waals surface area contributed by atoms with Crippen molar-refractivity contribution in [2.45, 2.75) is 26.6 Å². The Bertz CT molecular complexity index is 604. The van der Waals surface area contributed by atoms with Gasteiger partial charge in [-0.05, 0) is 36.5 Å². The molecule has 0 unspecified atom stereocenters. The first-order valence-corrected chi connectivity index (χ1v) is 6.36. The van der Waals surface area contributed by atoms with Crippen LogP contribution in [0.1, 0.15) is 22.4 Å². The molecule has 2 nitrogen and oxygen atoms in total. The highest BCUT2D eigenvalue weighted by atomic mass is 32.1. The molecular formula is C13H12F3NOS. The van der Waals surface area contributed by atoms with Crippen LogP contribution in [-0.2, 0) is 12.8 Å². The van der Waals surface area contributed by atoms with Crippen molar-refractivity contribution in [2.75, 3.05) is 0 Å². The third-order valence-electron chi connectivity index (χ3n) is 2.84. The van der Waals surface area contributed by atoms with E-state index in [1.165, 1.54) is 0 Å². The number of aryl methyl sites for hydroxylation is 2. The number of rotatable bonds is 2. The molecule has 2 aromatic rings. The minimum absolute atomic E-state index is 0.149. The zero-order valence-electron chi connectivity index (χ0n) is 10.4. The number of nitrogens with zero attached hydrogens (tertiary/aromatic N) is 1. The van der Waals surface area contributed by atoms with E-state index in [0.717, 1.165) is 22.7 Å². The molecule has 0 radical (unpaired) electrons. The van der Waals surface area contributed by atoms with Crippen LogP contribution in [0.25, 0.3) is 10.4 Å². The molecule has 1 N–H and O–H groups in total. The van der Waals surface area contributed by atoms with Gasteiger partial charge in [0.2, 0.25) is 0 Å². The topological polar surface area (TPSA) is 33.1 Å². The Kier molecular flexibility index (Phi) is 3.64. The van der Waals surface area contributed by atoms with Crippen LogP contribution in [0.4, 0.5) is 13.2 Å². The molecule has 0 aliphatic rings.